The first-order valence-corrected chi connectivity index (χ1v) is 6.29. The van der Waals surface area contributed by atoms with Crippen LogP contribution in [-0.2, 0) is 4.74 Å². The van der Waals surface area contributed by atoms with Crippen molar-refractivity contribution in [3.63, 3.8) is 0 Å². The second kappa shape index (κ2) is 4.34. The Hall–Kier alpha value is -0.610. The summed E-state index contributed by atoms with van der Waals surface area (Å²) < 4.78 is 6.79. The quantitative estimate of drug-likeness (QED) is 0.793. The van der Waals surface area contributed by atoms with Crippen molar-refractivity contribution in [2.24, 2.45) is 0 Å². The van der Waals surface area contributed by atoms with Gasteiger partial charge in [-0.15, -0.1) is 0 Å². The molecule has 0 radical (unpaired) electrons. The van der Waals surface area contributed by atoms with Gasteiger partial charge in [0.2, 0.25) is 0 Å². The third kappa shape index (κ3) is 2.38. The Labute approximate surface area is 105 Å². The number of pyridine rings is 1. The Morgan fingerprint density at radius 2 is 2.25 bits per heavy atom. The second-order valence-electron chi connectivity index (χ2n) is 4.80. The van der Waals surface area contributed by atoms with Gasteiger partial charge in [0, 0.05) is 19.3 Å². The molecular formula is C12H17BrN2O. The van der Waals surface area contributed by atoms with Crippen molar-refractivity contribution in [2.75, 3.05) is 24.6 Å². The fraction of sp³-hybridized carbons (Fsp3) is 0.583. The summed E-state index contributed by atoms with van der Waals surface area (Å²) in [6.07, 6.45) is 1.86. The van der Waals surface area contributed by atoms with E-state index < -0.39 is 0 Å². The van der Waals surface area contributed by atoms with Crippen molar-refractivity contribution in [2.45, 2.75) is 26.4 Å². The van der Waals surface area contributed by atoms with Gasteiger partial charge in [-0.2, -0.15) is 0 Å². The number of anilines is 1. The summed E-state index contributed by atoms with van der Waals surface area (Å²) in [6.45, 7) is 8.85. The molecule has 1 aromatic heterocycles. The van der Waals surface area contributed by atoms with E-state index in [-0.39, 0.29) is 5.60 Å². The molecule has 1 aliphatic heterocycles. The van der Waals surface area contributed by atoms with Crippen LogP contribution in [0.1, 0.15) is 19.4 Å². The number of hydrogen-bond acceptors (Lipinski definition) is 3. The minimum atomic E-state index is -0.0941. The Morgan fingerprint density at radius 3 is 2.94 bits per heavy atom. The largest absolute Gasteiger partial charge is 0.372 e. The third-order valence-electron chi connectivity index (χ3n) is 2.79. The molecule has 1 aliphatic rings. The molecule has 1 fully saturated rings. The molecule has 0 unspecified atom stereocenters. The minimum absolute atomic E-state index is 0.0941. The summed E-state index contributed by atoms with van der Waals surface area (Å²) in [5.74, 6) is 1.02. The van der Waals surface area contributed by atoms with E-state index in [1.165, 1.54) is 5.56 Å². The number of aromatic nitrogens is 1. The Balaban J connectivity index is 2.27. The van der Waals surface area contributed by atoms with Crippen LogP contribution in [-0.4, -0.2) is 30.3 Å². The second-order valence-corrected chi connectivity index (χ2v) is 5.59. The third-order valence-corrected chi connectivity index (χ3v) is 3.77. The molecule has 88 valence electrons. The predicted octanol–water partition coefficient (Wildman–Crippen LogP) is 2.77. The molecule has 4 heteroatoms. The summed E-state index contributed by atoms with van der Waals surface area (Å²) in [6, 6.07) is 2.01. The SMILES string of the molecule is Cc1ccnc(N2CCOC(C)(C)C2)c1Br. The van der Waals surface area contributed by atoms with Gasteiger partial charge in [0.1, 0.15) is 5.82 Å². The highest BCUT2D eigenvalue weighted by Crippen LogP contribution is 2.29. The van der Waals surface area contributed by atoms with Gasteiger partial charge < -0.3 is 9.64 Å². The summed E-state index contributed by atoms with van der Waals surface area (Å²) in [7, 11) is 0. The smallest absolute Gasteiger partial charge is 0.143 e. The molecule has 0 aliphatic carbocycles. The number of hydrogen-bond donors (Lipinski definition) is 0. The van der Waals surface area contributed by atoms with Crippen LogP contribution < -0.4 is 4.90 Å². The highest BCUT2D eigenvalue weighted by molar-refractivity contribution is 9.10. The first-order valence-electron chi connectivity index (χ1n) is 5.50. The molecule has 0 N–H and O–H groups in total. The van der Waals surface area contributed by atoms with Crippen LogP contribution in [0.5, 0.6) is 0 Å². The van der Waals surface area contributed by atoms with Crippen LogP contribution in [0.15, 0.2) is 16.7 Å². The van der Waals surface area contributed by atoms with E-state index in [2.05, 4.69) is 46.6 Å². The Morgan fingerprint density at radius 1 is 1.50 bits per heavy atom. The average molecular weight is 285 g/mol. The molecule has 0 saturated carbocycles. The van der Waals surface area contributed by atoms with Crippen LogP contribution in [0.3, 0.4) is 0 Å². The van der Waals surface area contributed by atoms with Crippen molar-refractivity contribution in [1.29, 1.82) is 0 Å². The van der Waals surface area contributed by atoms with E-state index in [0.717, 1.165) is 30.0 Å². The summed E-state index contributed by atoms with van der Waals surface area (Å²) in [4.78, 5) is 6.73. The molecular weight excluding hydrogens is 268 g/mol. The van der Waals surface area contributed by atoms with Gasteiger partial charge in [0.05, 0.1) is 16.7 Å². The van der Waals surface area contributed by atoms with Crippen molar-refractivity contribution < 1.29 is 4.74 Å². The summed E-state index contributed by atoms with van der Waals surface area (Å²) >= 11 is 3.61. The lowest BCUT2D eigenvalue weighted by atomic mass is 10.1. The zero-order valence-corrected chi connectivity index (χ0v) is 11.5. The number of rotatable bonds is 1. The van der Waals surface area contributed by atoms with Gasteiger partial charge >= 0.3 is 0 Å². The molecule has 2 rings (SSSR count). The number of nitrogens with zero attached hydrogens (tertiary/aromatic N) is 2. The maximum atomic E-state index is 5.70. The first kappa shape index (κ1) is 11.9. The van der Waals surface area contributed by atoms with Gasteiger partial charge in [0.25, 0.3) is 0 Å². The fourth-order valence-electron chi connectivity index (χ4n) is 1.94. The van der Waals surface area contributed by atoms with Crippen molar-refractivity contribution >= 4 is 21.7 Å². The monoisotopic (exact) mass is 284 g/mol. The van der Waals surface area contributed by atoms with Gasteiger partial charge in [-0.1, -0.05) is 0 Å². The lowest BCUT2D eigenvalue weighted by Gasteiger charge is -2.39. The Kier molecular flexibility index (Phi) is 3.22. The molecule has 3 nitrogen and oxygen atoms in total. The lowest BCUT2D eigenvalue weighted by Crippen LogP contribution is -2.48. The number of aryl methyl sites for hydroxylation is 1. The molecule has 0 spiro atoms. The molecule has 1 saturated heterocycles. The molecule has 2 heterocycles. The molecule has 0 aromatic carbocycles. The minimum Gasteiger partial charge on any atom is -0.372 e. The predicted molar refractivity (Wildman–Crippen MR) is 68.9 cm³/mol. The van der Waals surface area contributed by atoms with Crippen molar-refractivity contribution in [3.8, 4) is 0 Å². The van der Waals surface area contributed by atoms with E-state index in [1.807, 2.05) is 12.3 Å². The van der Waals surface area contributed by atoms with Crippen LogP contribution in [0.2, 0.25) is 0 Å². The highest BCUT2D eigenvalue weighted by atomic mass is 79.9. The topological polar surface area (TPSA) is 25.4 Å². The molecule has 0 bridgehead atoms. The zero-order chi connectivity index (χ0) is 11.8. The molecule has 1 aromatic rings. The lowest BCUT2D eigenvalue weighted by molar-refractivity contribution is -0.0279. The number of halogens is 1. The Bertz CT molecular complexity index is 393. The summed E-state index contributed by atoms with van der Waals surface area (Å²) in [5.41, 5.74) is 1.12. The highest BCUT2D eigenvalue weighted by Gasteiger charge is 2.28. The average Bonchev–Trinajstić information content (AvgIpc) is 2.20. The van der Waals surface area contributed by atoms with Gasteiger partial charge in [-0.3, -0.25) is 0 Å². The van der Waals surface area contributed by atoms with Gasteiger partial charge in [0.15, 0.2) is 0 Å². The normalized spacial score (nSPS) is 19.9. The van der Waals surface area contributed by atoms with Gasteiger partial charge in [-0.05, 0) is 48.3 Å². The van der Waals surface area contributed by atoms with E-state index in [4.69, 9.17) is 4.74 Å². The van der Waals surface area contributed by atoms with Crippen molar-refractivity contribution in [1.82, 2.24) is 4.98 Å². The van der Waals surface area contributed by atoms with Crippen LogP contribution in [0.25, 0.3) is 0 Å². The standard InChI is InChI=1S/C12H17BrN2O/c1-9-4-5-14-11(10(9)13)15-6-7-16-12(2,3)8-15/h4-5H,6-8H2,1-3H3. The van der Waals surface area contributed by atoms with E-state index in [0.29, 0.717) is 0 Å². The number of morpholine rings is 1. The molecule has 0 atom stereocenters. The van der Waals surface area contributed by atoms with E-state index >= 15 is 0 Å². The molecule has 16 heavy (non-hydrogen) atoms. The zero-order valence-electron chi connectivity index (χ0n) is 9.96. The maximum Gasteiger partial charge on any atom is 0.143 e. The number of ether oxygens (including phenoxy) is 1. The van der Waals surface area contributed by atoms with Crippen LogP contribution in [0.4, 0.5) is 5.82 Å². The van der Waals surface area contributed by atoms with E-state index in [1.54, 1.807) is 0 Å². The maximum absolute atomic E-state index is 5.70. The van der Waals surface area contributed by atoms with Crippen molar-refractivity contribution in [3.05, 3.63) is 22.3 Å². The summed E-state index contributed by atoms with van der Waals surface area (Å²) in [5, 5.41) is 0. The van der Waals surface area contributed by atoms with Gasteiger partial charge in [-0.25, -0.2) is 4.98 Å². The first-order chi connectivity index (χ1) is 7.49. The molecule has 0 amide bonds. The van der Waals surface area contributed by atoms with E-state index in [9.17, 15) is 0 Å². The van der Waals surface area contributed by atoms with Crippen LogP contribution >= 0.6 is 15.9 Å². The fourth-order valence-corrected chi connectivity index (χ4v) is 2.43. The van der Waals surface area contributed by atoms with Crippen LogP contribution in [0, 0.1) is 6.92 Å².